The molecule has 2 N–H and O–H groups in total. The van der Waals surface area contributed by atoms with E-state index in [0.29, 0.717) is 0 Å². The number of aromatic nitrogens is 1. The van der Waals surface area contributed by atoms with E-state index in [1.54, 1.807) is 12.1 Å². The van der Waals surface area contributed by atoms with Gasteiger partial charge in [0.05, 0.1) is 18.8 Å². The number of nitrogens with two attached hydrogens (primary N) is 1. The van der Waals surface area contributed by atoms with Gasteiger partial charge in [-0.05, 0) is 36.4 Å². The van der Waals surface area contributed by atoms with E-state index in [4.69, 9.17) is 15.2 Å². The Bertz CT molecular complexity index is 1170. The zero-order valence-corrected chi connectivity index (χ0v) is 16.0. The van der Waals surface area contributed by atoms with E-state index in [-0.39, 0.29) is 41.2 Å². The second-order valence-electron chi connectivity index (χ2n) is 7.36. The average molecular weight is 427 g/mol. The highest BCUT2D eigenvalue weighted by Gasteiger charge is 2.60. The molecule has 2 aromatic carbocycles. The molecule has 0 saturated heterocycles. The van der Waals surface area contributed by atoms with Crippen LogP contribution in [0, 0.1) is 23.4 Å². The molecule has 2 amide bonds. The summed E-state index contributed by atoms with van der Waals surface area (Å²) in [5.74, 6) is -2.10. The number of nitrogens with zero attached hydrogens (tertiary/aromatic N) is 2. The second kappa shape index (κ2) is 7.19. The van der Waals surface area contributed by atoms with Gasteiger partial charge in [0.2, 0.25) is 0 Å². The molecule has 1 aromatic heterocycles. The third kappa shape index (κ3) is 3.22. The molecule has 0 unspecified atom stereocenters. The molecule has 1 aliphatic heterocycles. The normalized spacial score (nSPS) is 20.8. The van der Waals surface area contributed by atoms with Gasteiger partial charge >= 0.3 is 6.03 Å². The first-order valence-electron chi connectivity index (χ1n) is 9.53. The number of carbonyl (C=O) groups excluding carboxylic acids is 1. The van der Waals surface area contributed by atoms with Gasteiger partial charge in [-0.3, -0.25) is 4.90 Å². The summed E-state index contributed by atoms with van der Waals surface area (Å²) < 4.78 is 53.1. The lowest BCUT2D eigenvalue weighted by Gasteiger charge is -2.20. The number of anilines is 1. The molecule has 2 heterocycles. The highest BCUT2D eigenvalue weighted by Crippen LogP contribution is 2.58. The van der Waals surface area contributed by atoms with Crippen LogP contribution in [0.25, 0.3) is 0 Å². The molecular formula is C22H16F3N3O3. The number of primary amides is 1. The zero-order chi connectivity index (χ0) is 21.7. The third-order valence-electron chi connectivity index (χ3n) is 5.54. The van der Waals surface area contributed by atoms with E-state index in [1.165, 1.54) is 35.4 Å². The van der Waals surface area contributed by atoms with Crippen molar-refractivity contribution >= 4 is 11.8 Å². The minimum atomic E-state index is -0.784. The molecule has 1 saturated carbocycles. The van der Waals surface area contributed by atoms with Crippen LogP contribution < -0.4 is 20.1 Å². The quantitative estimate of drug-likeness (QED) is 0.672. The van der Waals surface area contributed by atoms with Crippen molar-refractivity contribution in [3.05, 3.63) is 77.7 Å². The Morgan fingerprint density at radius 3 is 2.55 bits per heavy atom. The maximum atomic E-state index is 14.4. The summed E-state index contributed by atoms with van der Waals surface area (Å²) in [7, 11) is 0. The molecule has 158 valence electrons. The highest BCUT2D eigenvalue weighted by molar-refractivity contribution is 5.91. The Labute approximate surface area is 175 Å². The van der Waals surface area contributed by atoms with Crippen LogP contribution in [-0.2, 0) is 0 Å². The zero-order valence-electron chi connectivity index (χ0n) is 16.0. The van der Waals surface area contributed by atoms with Gasteiger partial charge in [0.25, 0.3) is 0 Å². The lowest BCUT2D eigenvalue weighted by molar-refractivity contribution is 0.250. The summed E-state index contributed by atoms with van der Waals surface area (Å²) in [4.78, 5) is 17.7. The first-order valence-corrected chi connectivity index (χ1v) is 9.53. The molecule has 5 rings (SSSR count). The minimum Gasteiger partial charge on any atom is -0.490 e. The molecular weight excluding hydrogens is 411 g/mol. The summed E-state index contributed by atoms with van der Waals surface area (Å²) in [6, 6.07) is 9.66. The third-order valence-corrected chi connectivity index (χ3v) is 5.54. The monoisotopic (exact) mass is 427 g/mol. The van der Waals surface area contributed by atoms with Gasteiger partial charge in [0.15, 0.2) is 23.1 Å². The number of halogens is 3. The van der Waals surface area contributed by atoms with Crippen LogP contribution in [0.5, 0.6) is 17.2 Å². The molecule has 3 atom stereocenters. The first kappa shape index (κ1) is 19.2. The maximum Gasteiger partial charge on any atom is 0.320 e. The van der Waals surface area contributed by atoms with E-state index < -0.39 is 35.4 Å². The van der Waals surface area contributed by atoms with Crippen molar-refractivity contribution in [2.75, 3.05) is 11.5 Å². The number of urea groups is 1. The van der Waals surface area contributed by atoms with Crippen LogP contribution in [-0.4, -0.2) is 23.7 Å². The smallest absolute Gasteiger partial charge is 0.320 e. The van der Waals surface area contributed by atoms with Crippen molar-refractivity contribution in [3.63, 3.8) is 0 Å². The van der Waals surface area contributed by atoms with Crippen LogP contribution in [0.1, 0.15) is 11.5 Å². The summed E-state index contributed by atoms with van der Waals surface area (Å²) in [6.45, 7) is 0.126. The number of hydrogen-bond donors (Lipinski definition) is 1. The summed E-state index contributed by atoms with van der Waals surface area (Å²) in [5, 5.41) is 0. The molecule has 0 bridgehead atoms. The van der Waals surface area contributed by atoms with E-state index in [1.807, 2.05) is 0 Å². The molecule has 0 radical (unpaired) electrons. The van der Waals surface area contributed by atoms with Crippen molar-refractivity contribution in [1.82, 2.24) is 4.98 Å². The fourth-order valence-corrected chi connectivity index (χ4v) is 4.12. The van der Waals surface area contributed by atoms with Gasteiger partial charge in [-0.1, -0.05) is 12.1 Å². The Morgan fingerprint density at radius 1 is 1.06 bits per heavy atom. The number of amides is 2. The molecule has 9 heteroatoms. The Morgan fingerprint density at radius 2 is 1.84 bits per heavy atom. The van der Waals surface area contributed by atoms with Gasteiger partial charge in [0, 0.05) is 17.4 Å². The van der Waals surface area contributed by atoms with Crippen molar-refractivity contribution in [2.45, 2.75) is 12.0 Å². The Kier molecular flexibility index (Phi) is 4.46. The SMILES string of the molecule is NC(=O)N(c1ccc(Oc2ccccc2F)cn1)[C@@H]1[C@H]2COc3c(F)ccc(F)c3[C@@H]21. The predicted molar refractivity (Wildman–Crippen MR) is 105 cm³/mol. The fourth-order valence-electron chi connectivity index (χ4n) is 4.12. The molecule has 0 spiro atoms. The number of pyridine rings is 1. The number of rotatable bonds is 4. The maximum absolute atomic E-state index is 14.4. The largest absolute Gasteiger partial charge is 0.490 e. The number of benzene rings is 2. The lowest BCUT2D eigenvalue weighted by atomic mass is 10.0. The Balaban J connectivity index is 1.42. The summed E-state index contributed by atoms with van der Waals surface area (Å²) >= 11 is 0. The van der Waals surface area contributed by atoms with Crippen molar-refractivity contribution in [1.29, 1.82) is 0 Å². The lowest BCUT2D eigenvalue weighted by Crippen LogP contribution is -2.39. The minimum absolute atomic E-state index is 0.0308. The average Bonchev–Trinajstić information content (AvgIpc) is 3.47. The number of para-hydroxylation sites is 1. The fraction of sp³-hybridized carbons (Fsp3) is 0.182. The molecule has 6 nitrogen and oxygen atoms in total. The second-order valence-corrected chi connectivity index (χ2v) is 7.36. The molecule has 2 aliphatic rings. The number of hydrogen-bond acceptors (Lipinski definition) is 4. The van der Waals surface area contributed by atoms with Gasteiger partial charge in [-0.25, -0.2) is 22.9 Å². The van der Waals surface area contributed by atoms with Crippen LogP contribution in [0.15, 0.2) is 54.7 Å². The van der Waals surface area contributed by atoms with E-state index in [2.05, 4.69) is 4.98 Å². The van der Waals surface area contributed by atoms with Gasteiger partial charge in [-0.2, -0.15) is 0 Å². The standard InChI is InChI=1S/C22H16F3N3O3/c23-13-3-1-2-4-16(13)31-11-5-8-17(27-9-11)28(22(26)29)20-12-10-30-21-15(25)7-6-14(24)19(21)18(12)20/h1-9,12,18,20H,10H2,(H2,26,29)/t12-,18+,20+/m0/s1. The number of ether oxygens (including phenoxy) is 2. The van der Waals surface area contributed by atoms with Crippen LogP contribution in [0.4, 0.5) is 23.8 Å². The summed E-state index contributed by atoms with van der Waals surface area (Å²) in [6.07, 6.45) is 1.33. The van der Waals surface area contributed by atoms with Gasteiger partial charge in [-0.15, -0.1) is 0 Å². The highest BCUT2D eigenvalue weighted by atomic mass is 19.1. The first-order chi connectivity index (χ1) is 15.0. The van der Waals surface area contributed by atoms with E-state index in [9.17, 15) is 18.0 Å². The Hall–Kier alpha value is -3.75. The molecule has 31 heavy (non-hydrogen) atoms. The number of fused-ring (bicyclic) bond motifs is 3. The summed E-state index contributed by atoms with van der Waals surface area (Å²) in [5.41, 5.74) is 5.69. The topological polar surface area (TPSA) is 77.7 Å². The number of carbonyl (C=O) groups is 1. The van der Waals surface area contributed by atoms with Crippen LogP contribution in [0.3, 0.4) is 0 Å². The predicted octanol–water partition coefficient (Wildman–Crippen LogP) is 4.35. The van der Waals surface area contributed by atoms with Crippen LogP contribution in [0.2, 0.25) is 0 Å². The van der Waals surface area contributed by atoms with Crippen molar-refractivity contribution in [3.8, 4) is 17.2 Å². The van der Waals surface area contributed by atoms with Gasteiger partial charge < -0.3 is 15.2 Å². The van der Waals surface area contributed by atoms with E-state index in [0.717, 1.165) is 12.1 Å². The molecule has 1 aliphatic carbocycles. The van der Waals surface area contributed by atoms with Crippen molar-refractivity contribution in [2.24, 2.45) is 11.7 Å². The molecule has 1 fully saturated rings. The van der Waals surface area contributed by atoms with E-state index >= 15 is 0 Å². The van der Waals surface area contributed by atoms with Crippen molar-refractivity contribution < 1.29 is 27.4 Å². The molecule has 3 aromatic rings. The van der Waals surface area contributed by atoms with Gasteiger partial charge in [0.1, 0.15) is 17.4 Å². The van der Waals surface area contributed by atoms with Crippen LogP contribution >= 0.6 is 0 Å².